The highest BCUT2D eigenvalue weighted by molar-refractivity contribution is 6.18. The molecule has 2 nitrogen and oxygen atoms in total. The molecule has 0 aliphatic heterocycles. The molecule has 2 atom stereocenters. The second-order valence-corrected chi connectivity index (χ2v) is 5.00. The minimum Gasteiger partial charge on any atom is -0.353 e. The predicted molar refractivity (Wildman–Crippen MR) is 59.4 cm³/mol. The normalized spacial score (nSPS) is 32.6. The van der Waals surface area contributed by atoms with Crippen LogP contribution >= 0.6 is 11.6 Å². The molecule has 0 radical (unpaired) electrons. The van der Waals surface area contributed by atoms with E-state index in [1.54, 1.807) is 0 Å². The van der Waals surface area contributed by atoms with E-state index in [2.05, 4.69) is 19.2 Å². The number of nitrogens with one attached hydrogen (secondary N) is 1. The summed E-state index contributed by atoms with van der Waals surface area (Å²) in [6.07, 6.45) is 3.99. The maximum atomic E-state index is 11.3. The lowest BCUT2D eigenvalue weighted by molar-refractivity contribution is -0.121. The third kappa shape index (κ3) is 3.87. The summed E-state index contributed by atoms with van der Waals surface area (Å²) in [5.74, 6) is 2.00. The zero-order valence-electron chi connectivity index (χ0n) is 9.05. The third-order valence-electron chi connectivity index (χ3n) is 2.87. The fourth-order valence-electron chi connectivity index (χ4n) is 2.45. The minimum atomic E-state index is 0.103. The monoisotopic (exact) mass is 217 g/mol. The summed E-state index contributed by atoms with van der Waals surface area (Å²) in [7, 11) is 0. The van der Waals surface area contributed by atoms with Crippen molar-refractivity contribution in [3.05, 3.63) is 0 Å². The van der Waals surface area contributed by atoms with Gasteiger partial charge in [0, 0.05) is 18.3 Å². The highest BCUT2D eigenvalue weighted by Gasteiger charge is 2.24. The first kappa shape index (κ1) is 11.8. The number of hydrogen-bond donors (Lipinski definition) is 1. The highest BCUT2D eigenvalue weighted by atomic mass is 35.5. The molecule has 0 aromatic carbocycles. The number of hydrogen-bond acceptors (Lipinski definition) is 1. The Bertz CT molecular complexity index is 186. The van der Waals surface area contributed by atoms with Crippen LogP contribution in [-0.4, -0.2) is 17.8 Å². The van der Waals surface area contributed by atoms with Gasteiger partial charge in [0.15, 0.2) is 0 Å². The molecule has 14 heavy (non-hydrogen) atoms. The Kier molecular flexibility index (Phi) is 4.73. The highest BCUT2D eigenvalue weighted by Crippen LogP contribution is 2.28. The molecule has 1 rings (SSSR count). The van der Waals surface area contributed by atoms with E-state index in [0.717, 1.165) is 24.7 Å². The van der Waals surface area contributed by atoms with Crippen molar-refractivity contribution in [1.29, 1.82) is 0 Å². The lowest BCUT2D eigenvalue weighted by Gasteiger charge is -2.31. The average Bonchev–Trinajstić information content (AvgIpc) is 2.01. The van der Waals surface area contributed by atoms with E-state index in [9.17, 15) is 4.79 Å². The van der Waals surface area contributed by atoms with Gasteiger partial charge in [-0.3, -0.25) is 4.79 Å². The van der Waals surface area contributed by atoms with Gasteiger partial charge in [0.1, 0.15) is 0 Å². The molecule has 1 amide bonds. The number of halogens is 1. The van der Waals surface area contributed by atoms with E-state index >= 15 is 0 Å². The van der Waals surface area contributed by atoms with Crippen molar-refractivity contribution in [2.24, 2.45) is 11.8 Å². The molecule has 1 fully saturated rings. The number of rotatable bonds is 3. The second-order valence-electron chi connectivity index (χ2n) is 4.62. The van der Waals surface area contributed by atoms with Crippen molar-refractivity contribution < 1.29 is 4.79 Å². The molecule has 1 aliphatic carbocycles. The summed E-state index contributed by atoms with van der Waals surface area (Å²) < 4.78 is 0. The second kappa shape index (κ2) is 5.59. The van der Waals surface area contributed by atoms with Gasteiger partial charge < -0.3 is 5.32 Å². The quantitative estimate of drug-likeness (QED) is 0.724. The number of amides is 1. The zero-order valence-corrected chi connectivity index (χ0v) is 9.81. The molecule has 0 bridgehead atoms. The van der Waals surface area contributed by atoms with E-state index in [0.29, 0.717) is 18.3 Å². The topological polar surface area (TPSA) is 29.1 Å². The van der Waals surface area contributed by atoms with E-state index in [1.807, 2.05) is 0 Å². The number of carbonyl (C=O) groups is 1. The Morgan fingerprint density at radius 2 is 1.86 bits per heavy atom. The van der Waals surface area contributed by atoms with Crippen LogP contribution in [0.4, 0.5) is 0 Å². The van der Waals surface area contributed by atoms with Crippen LogP contribution in [0.1, 0.15) is 39.5 Å². The van der Waals surface area contributed by atoms with Crippen molar-refractivity contribution in [2.45, 2.75) is 45.6 Å². The van der Waals surface area contributed by atoms with Gasteiger partial charge in [-0.15, -0.1) is 11.6 Å². The molecule has 1 N–H and O–H groups in total. The lowest BCUT2D eigenvalue weighted by Crippen LogP contribution is -2.40. The smallest absolute Gasteiger partial charge is 0.221 e. The van der Waals surface area contributed by atoms with Crippen LogP contribution < -0.4 is 5.32 Å². The molecule has 0 aromatic rings. The van der Waals surface area contributed by atoms with Gasteiger partial charge in [0.25, 0.3) is 0 Å². The van der Waals surface area contributed by atoms with Crippen molar-refractivity contribution in [1.82, 2.24) is 5.32 Å². The van der Waals surface area contributed by atoms with Crippen molar-refractivity contribution in [3.8, 4) is 0 Å². The summed E-state index contributed by atoms with van der Waals surface area (Å²) in [4.78, 5) is 11.3. The van der Waals surface area contributed by atoms with Gasteiger partial charge in [-0.05, 0) is 31.1 Å². The van der Waals surface area contributed by atoms with Gasteiger partial charge >= 0.3 is 0 Å². The lowest BCUT2D eigenvalue weighted by atomic mass is 9.80. The first-order chi connectivity index (χ1) is 6.61. The Morgan fingerprint density at radius 3 is 2.36 bits per heavy atom. The molecule has 1 saturated carbocycles. The maximum Gasteiger partial charge on any atom is 0.221 e. The zero-order chi connectivity index (χ0) is 10.6. The molecule has 3 heteroatoms. The Balaban J connectivity index is 2.33. The summed E-state index contributed by atoms with van der Waals surface area (Å²) in [5.41, 5.74) is 0. The van der Waals surface area contributed by atoms with Crippen LogP contribution in [0, 0.1) is 11.8 Å². The maximum absolute atomic E-state index is 11.3. The van der Waals surface area contributed by atoms with Gasteiger partial charge in [-0.2, -0.15) is 0 Å². The van der Waals surface area contributed by atoms with Gasteiger partial charge in [-0.25, -0.2) is 0 Å². The van der Waals surface area contributed by atoms with E-state index < -0.39 is 0 Å². The molecule has 0 heterocycles. The number of carbonyl (C=O) groups excluding carboxylic acids is 1. The minimum absolute atomic E-state index is 0.103. The predicted octanol–water partition coefficient (Wildman–Crippen LogP) is 2.56. The summed E-state index contributed by atoms with van der Waals surface area (Å²) in [5, 5.41) is 3.06. The van der Waals surface area contributed by atoms with Crippen molar-refractivity contribution >= 4 is 17.5 Å². The first-order valence-corrected chi connectivity index (χ1v) is 6.00. The number of alkyl halides is 1. The van der Waals surface area contributed by atoms with E-state index in [4.69, 9.17) is 11.6 Å². The third-order valence-corrected chi connectivity index (χ3v) is 3.05. The Morgan fingerprint density at radius 1 is 1.29 bits per heavy atom. The van der Waals surface area contributed by atoms with Gasteiger partial charge in [-0.1, -0.05) is 13.8 Å². The molecule has 0 spiro atoms. The van der Waals surface area contributed by atoms with Crippen molar-refractivity contribution in [2.75, 3.05) is 5.88 Å². The molecule has 1 aliphatic rings. The van der Waals surface area contributed by atoms with E-state index in [1.165, 1.54) is 6.42 Å². The fourth-order valence-corrected chi connectivity index (χ4v) is 2.62. The molecule has 2 unspecified atom stereocenters. The summed E-state index contributed by atoms with van der Waals surface area (Å²) in [6, 6.07) is 0.379. The Hall–Kier alpha value is -0.240. The van der Waals surface area contributed by atoms with Gasteiger partial charge in [0.05, 0.1) is 0 Å². The van der Waals surface area contributed by atoms with Crippen LogP contribution in [-0.2, 0) is 4.79 Å². The molecule has 82 valence electrons. The van der Waals surface area contributed by atoms with Crippen LogP contribution in [0.3, 0.4) is 0 Å². The standard InChI is InChI=1S/C11H20ClNO/c1-8-5-9(2)7-10(6-8)13-11(14)3-4-12/h8-10H,3-7H2,1-2H3,(H,13,14). The molecular weight excluding hydrogens is 198 g/mol. The van der Waals surface area contributed by atoms with Crippen LogP contribution in [0.5, 0.6) is 0 Å². The van der Waals surface area contributed by atoms with Crippen LogP contribution in [0.2, 0.25) is 0 Å². The van der Waals surface area contributed by atoms with Crippen LogP contribution in [0.15, 0.2) is 0 Å². The fraction of sp³-hybridized carbons (Fsp3) is 0.909. The largest absolute Gasteiger partial charge is 0.353 e. The Labute approximate surface area is 91.4 Å². The van der Waals surface area contributed by atoms with Gasteiger partial charge in [0.2, 0.25) is 5.91 Å². The van der Waals surface area contributed by atoms with E-state index in [-0.39, 0.29) is 5.91 Å². The first-order valence-electron chi connectivity index (χ1n) is 5.47. The summed E-state index contributed by atoms with van der Waals surface area (Å²) in [6.45, 7) is 4.52. The van der Waals surface area contributed by atoms with Crippen molar-refractivity contribution in [3.63, 3.8) is 0 Å². The molecule has 0 saturated heterocycles. The SMILES string of the molecule is CC1CC(C)CC(NC(=O)CCCl)C1. The molecular formula is C11H20ClNO. The summed E-state index contributed by atoms with van der Waals surface area (Å²) >= 11 is 5.51. The van der Waals surface area contributed by atoms with Crippen LogP contribution in [0.25, 0.3) is 0 Å². The molecule has 0 aromatic heterocycles. The average molecular weight is 218 g/mol.